The van der Waals surface area contributed by atoms with Crippen molar-refractivity contribution in [2.24, 2.45) is 0 Å². The van der Waals surface area contributed by atoms with E-state index in [4.69, 9.17) is 4.74 Å². The Labute approximate surface area is 164 Å². The third-order valence-electron chi connectivity index (χ3n) is 3.49. The van der Waals surface area contributed by atoms with Crippen LogP contribution in [0, 0.1) is 5.82 Å². The number of halogens is 2. The summed E-state index contributed by atoms with van der Waals surface area (Å²) in [6.45, 7) is -0.440. The molecule has 0 fully saturated rings. The molecular weight excluding hydrogens is 419 g/mol. The summed E-state index contributed by atoms with van der Waals surface area (Å²) in [6.07, 6.45) is 0.530. The van der Waals surface area contributed by atoms with Crippen LogP contribution in [0.15, 0.2) is 53.0 Å². The van der Waals surface area contributed by atoms with E-state index >= 15 is 0 Å². The topological polar surface area (TPSA) is 84.5 Å². The van der Waals surface area contributed by atoms with Gasteiger partial charge in [0.15, 0.2) is 6.61 Å². The largest absolute Gasteiger partial charge is 0.454 e. The van der Waals surface area contributed by atoms with Gasteiger partial charge in [-0.1, -0.05) is 34.1 Å². The SMILES string of the molecule is O=C(COC(=O)CNC(=O)c1cccc(Br)c1)NCCc1ccc(F)cc1. The van der Waals surface area contributed by atoms with Gasteiger partial charge in [-0.05, 0) is 42.3 Å². The highest BCUT2D eigenvalue weighted by atomic mass is 79.9. The molecule has 0 aliphatic carbocycles. The number of ether oxygens (including phenoxy) is 1. The molecule has 0 spiro atoms. The van der Waals surface area contributed by atoms with Crippen LogP contribution in [-0.4, -0.2) is 37.5 Å². The lowest BCUT2D eigenvalue weighted by Crippen LogP contribution is -2.34. The molecule has 0 bridgehead atoms. The maximum absolute atomic E-state index is 12.8. The second-order valence-electron chi connectivity index (χ2n) is 5.58. The summed E-state index contributed by atoms with van der Waals surface area (Å²) in [5, 5.41) is 5.02. The minimum Gasteiger partial charge on any atom is -0.454 e. The minimum absolute atomic E-state index is 0.318. The zero-order valence-electron chi connectivity index (χ0n) is 14.3. The molecule has 0 heterocycles. The molecule has 0 saturated carbocycles. The van der Waals surface area contributed by atoms with Gasteiger partial charge >= 0.3 is 5.97 Å². The molecular formula is C19H18BrFN2O4. The minimum atomic E-state index is -0.716. The highest BCUT2D eigenvalue weighted by molar-refractivity contribution is 9.10. The van der Waals surface area contributed by atoms with Crippen molar-refractivity contribution in [1.29, 1.82) is 0 Å². The number of amides is 2. The first-order chi connectivity index (χ1) is 12.9. The van der Waals surface area contributed by atoms with E-state index in [0.717, 1.165) is 10.0 Å². The van der Waals surface area contributed by atoms with Gasteiger partial charge in [0.05, 0.1) is 0 Å². The summed E-state index contributed by atoms with van der Waals surface area (Å²) in [5.74, 6) is -1.91. The third kappa shape index (κ3) is 7.57. The van der Waals surface area contributed by atoms with E-state index < -0.39 is 24.4 Å². The second kappa shape index (κ2) is 10.4. The quantitative estimate of drug-likeness (QED) is 0.621. The van der Waals surface area contributed by atoms with Crippen molar-refractivity contribution in [2.45, 2.75) is 6.42 Å². The first-order valence-electron chi connectivity index (χ1n) is 8.14. The molecule has 142 valence electrons. The lowest BCUT2D eigenvalue weighted by atomic mass is 10.1. The Morgan fingerprint density at radius 2 is 1.78 bits per heavy atom. The van der Waals surface area contributed by atoms with Gasteiger partial charge in [0.25, 0.3) is 11.8 Å². The van der Waals surface area contributed by atoms with Gasteiger partial charge < -0.3 is 15.4 Å². The van der Waals surface area contributed by atoms with Gasteiger partial charge in [-0.15, -0.1) is 0 Å². The number of esters is 1. The zero-order chi connectivity index (χ0) is 19.6. The standard InChI is InChI=1S/C19H18BrFN2O4/c20-15-3-1-2-14(10-15)19(26)23-11-18(25)27-12-17(24)22-9-8-13-4-6-16(21)7-5-13/h1-7,10H,8-9,11-12H2,(H,22,24)(H,23,26). The van der Waals surface area contributed by atoms with E-state index in [-0.39, 0.29) is 12.4 Å². The maximum atomic E-state index is 12.8. The number of carbonyl (C=O) groups excluding carboxylic acids is 3. The van der Waals surface area contributed by atoms with Crippen molar-refractivity contribution in [3.63, 3.8) is 0 Å². The summed E-state index contributed by atoms with van der Waals surface area (Å²) < 4.78 is 18.3. The molecule has 0 aliphatic heterocycles. The molecule has 2 aromatic carbocycles. The summed E-state index contributed by atoms with van der Waals surface area (Å²) in [6, 6.07) is 12.7. The average Bonchev–Trinajstić information content (AvgIpc) is 2.66. The number of carbonyl (C=O) groups is 3. The van der Waals surface area contributed by atoms with Crippen LogP contribution < -0.4 is 10.6 Å². The van der Waals surface area contributed by atoms with Gasteiger partial charge in [-0.2, -0.15) is 0 Å². The molecule has 0 aliphatic rings. The number of rotatable bonds is 8. The van der Waals surface area contributed by atoms with E-state index in [1.54, 1.807) is 36.4 Å². The van der Waals surface area contributed by atoms with Crippen molar-refractivity contribution in [2.75, 3.05) is 19.7 Å². The first kappa shape index (κ1) is 20.6. The predicted octanol–water partition coefficient (Wildman–Crippen LogP) is 2.22. The fourth-order valence-corrected chi connectivity index (χ4v) is 2.53. The number of nitrogens with one attached hydrogen (secondary N) is 2. The van der Waals surface area contributed by atoms with Crippen LogP contribution in [0.4, 0.5) is 4.39 Å². The van der Waals surface area contributed by atoms with E-state index in [2.05, 4.69) is 26.6 Å². The first-order valence-corrected chi connectivity index (χ1v) is 8.94. The molecule has 2 N–H and O–H groups in total. The van der Waals surface area contributed by atoms with E-state index in [1.165, 1.54) is 12.1 Å². The van der Waals surface area contributed by atoms with Crippen LogP contribution in [0.5, 0.6) is 0 Å². The van der Waals surface area contributed by atoms with Crippen molar-refractivity contribution in [3.05, 3.63) is 69.9 Å². The molecule has 0 radical (unpaired) electrons. The lowest BCUT2D eigenvalue weighted by Gasteiger charge is -2.08. The normalized spacial score (nSPS) is 10.1. The smallest absolute Gasteiger partial charge is 0.325 e. The van der Waals surface area contributed by atoms with Gasteiger partial charge in [0.1, 0.15) is 12.4 Å². The third-order valence-corrected chi connectivity index (χ3v) is 3.99. The molecule has 0 aromatic heterocycles. The Balaban J connectivity index is 1.62. The molecule has 0 unspecified atom stereocenters. The van der Waals surface area contributed by atoms with Gasteiger partial charge in [0, 0.05) is 16.6 Å². The Morgan fingerprint density at radius 3 is 2.48 bits per heavy atom. The van der Waals surface area contributed by atoms with Crippen molar-refractivity contribution < 1.29 is 23.5 Å². The predicted molar refractivity (Wildman–Crippen MR) is 101 cm³/mol. The molecule has 2 aromatic rings. The highest BCUT2D eigenvalue weighted by Gasteiger charge is 2.11. The molecule has 0 atom stereocenters. The van der Waals surface area contributed by atoms with Crippen LogP contribution in [-0.2, 0) is 20.7 Å². The molecule has 8 heteroatoms. The number of benzene rings is 2. The van der Waals surface area contributed by atoms with Crippen LogP contribution in [0.2, 0.25) is 0 Å². The van der Waals surface area contributed by atoms with Crippen molar-refractivity contribution in [3.8, 4) is 0 Å². The molecule has 0 saturated heterocycles. The van der Waals surface area contributed by atoms with Crippen molar-refractivity contribution >= 4 is 33.7 Å². The fraction of sp³-hybridized carbons (Fsp3) is 0.211. The Morgan fingerprint density at radius 1 is 1.04 bits per heavy atom. The summed E-state index contributed by atoms with van der Waals surface area (Å²) in [4.78, 5) is 35.2. The number of hydrogen-bond donors (Lipinski definition) is 2. The van der Waals surface area contributed by atoms with Crippen molar-refractivity contribution in [1.82, 2.24) is 10.6 Å². The Hall–Kier alpha value is -2.74. The second-order valence-corrected chi connectivity index (χ2v) is 6.50. The summed E-state index contributed by atoms with van der Waals surface area (Å²) in [5.41, 5.74) is 1.28. The van der Waals surface area contributed by atoms with Gasteiger partial charge in [-0.25, -0.2) is 4.39 Å². The van der Waals surface area contributed by atoms with Crippen LogP contribution in [0.1, 0.15) is 15.9 Å². The van der Waals surface area contributed by atoms with Crippen LogP contribution in [0.3, 0.4) is 0 Å². The van der Waals surface area contributed by atoms with E-state index in [0.29, 0.717) is 18.5 Å². The van der Waals surface area contributed by atoms with Crippen LogP contribution in [0.25, 0.3) is 0 Å². The van der Waals surface area contributed by atoms with Gasteiger partial charge in [0.2, 0.25) is 0 Å². The Kier molecular flexibility index (Phi) is 7.94. The molecule has 2 amide bonds. The number of hydrogen-bond acceptors (Lipinski definition) is 4. The monoisotopic (exact) mass is 436 g/mol. The molecule has 6 nitrogen and oxygen atoms in total. The van der Waals surface area contributed by atoms with Gasteiger partial charge in [-0.3, -0.25) is 14.4 Å². The Bertz CT molecular complexity index is 812. The molecule has 2 rings (SSSR count). The molecule has 27 heavy (non-hydrogen) atoms. The lowest BCUT2D eigenvalue weighted by molar-refractivity contribution is -0.147. The summed E-state index contributed by atoms with van der Waals surface area (Å²) >= 11 is 3.26. The average molecular weight is 437 g/mol. The maximum Gasteiger partial charge on any atom is 0.325 e. The fourth-order valence-electron chi connectivity index (χ4n) is 2.13. The van der Waals surface area contributed by atoms with E-state index in [1.807, 2.05) is 0 Å². The van der Waals surface area contributed by atoms with E-state index in [9.17, 15) is 18.8 Å². The summed E-state index contributed by atoms with van der Waals surface area (Å²) in [7, 11) is 0. The highest BCUT2D eigenvalue weighted by Crippen LogP contribution is 2.11. The van der Waals surface area contributed by atoms with Crippen LogP contribution >= 0.6 is 15.9 Å². The zero-order valence-corrected chi connectivity index (χ0v) is 15.9.